The number of benzene rings is 1. The Kier molecular flexibility index (Phi) is 4.78. The van der Waals surface area contributed by atoms with Gasteiger partial charge in [-0.1, -0.05) is 27.7 Å². The highest BCUT2D eigenvalue weighted by Crippen LogP contribution is 2.37. The van der Waals surface area contributed by atoms with Crippen molar-refractivity contribution < 1.29 is 5.11 Å². The molecule has 4 nitrogen and oxygen atoms in total. The van der Waals surface area contributed by atoms with E-state index in [2.05, 4.69) is 22.4 Å². The molecule has 0 aliphatic rings. The van der Waals surface area contributed by atoms with Crippen molar-refractivity contribution in [1.82, 2.24) is 0 Å². The highest BCUT2D eigenvalue weighted by Gasteiger charge is 2.14. The number of rotatable bonds is 3. The highest BCUT2D eigenvalue weighted by molar-refractivity contribution is 7.80. The van der Waals surface area contributed by atoms with E-state index in [9.17, 15) is 5.11 Å². The Bertz CT molecular complexity index is 452. The zero-order valence-corrected chi connectivity index (χ0v) is 12.0. The zero-order chi connectivity index (χ0) is 13.9. The fourth-order valence-electron chi connectivity index (χ4n) is 1.71. The van der Waals surface area contributed by atoms with Gasteiger partial charge in [0.1, 0.15) is 5.75 Å². The summed E-state index contributed by atoms with van der Waals surface area (Å²) >= 11 is 4.66. The van der Waals surface area contributed by atoms with Crippen LogP contribution >= 0.6 is 12.2 Å². The van der Waals surface area contributed by atoms with Crippen molar-refractivity contribution >= 4 is 23.0 Å². The van der Waals surface area contributed by atoms with Gasteiger partial charge < -0.3 is 10.8 Å². The minimum Gasteiger partial charge on any atom is -0.507 e. The van der Waals surface area contributed by atoms with E-state index >= 15 is 0 Å². The lowest BCUT2D eigenvalue weighted by Crippen LogP contribution is -2.01. The molecule has 98 valence electrons. The van der Waals surface area contributed by atoms with Crippen LogP contribution in [0.5, 0.6) is 5.75 Å². The predicted octanol–water partition coefficient (Wildman–Crippen LogP) is 3.97. The van der Waals surface area contributed by atoms with Gasteiger partial charge in [0.25, 0.3) is 0 Å². The fourth-order valence-corrected chi connectivity index (χ4v) is 1.75. The summed E-state index contributed by atoms with van der Waals surface area (Å²) in [7, 11) is 0. The smallest absolute Gasteiger partial charge is 0.211 e. The van der Waals surface area contributed by atoms with Crippen molar-refractivity contribution in [2.75, 3.05) is 0 Å². The summed E-state index contributed by atoms with van der Waals surface area (Å²) in [6.45, 7) is 8.09. The van der Waals surface area contributed by atoms with E-state index in [1.54, 1.807) is 0 Å². The third-order valence-corrected chi connectivity index (χ3v) is 2.74. The van der Waals surface area contributed by atoms with E-state index in [0.717, 1.165) is 11.1 Å². The summed E-state index contributed by atoms with van der Waals surface area (Å²) in [5.74, 6) is 0.763. The second-order valence-electron chi connectivity index (χ2n) is 4.82. The summed E-state index contributed by atoms with van der Waals surface area (Å²) < 4.78 is 0. The Morgan fingerprint density at radius 2 is 1.61 bits per heavy atom. The SMILES string of the molecule is CC(C)c1cc(N=NC(N)=S)cc(C(C)C)c1O. The summed E-state index contributed by atoms with van der Waals surface area (Å²) in [4.78, 5) is 0. The van der Waals surface area contributed by atoms with Crippen LogP contribution < -0.4 is 5.73 Å². The minimum absolute atomic E-state index is 0.000249. The van der Waals surface area contributed by atoms with E-state index in [-0.39, 0.29) is 16.9 Å². The molecule has 0 spiro atoms. The number of nitrogens with two attached hydrogens (primary N) is 1. The Balaban J connectivity index is 3.33. The Hall–Kier alpha value is -1.49. The van der Waals surface area contributed by atoms with Crippen molar-refractivity contribution in [2.45, 2.75) is 39.5 Å². The van der Waals surface area contributed by atoms with Crippen LogP contribution in [-0.2, 0) is 0 Å². The quantitative estimate of drug-likeness (QED) is 0.641. The van der Waals surface area contributed by atoms with Gasteiger partial charge in [0, 0.05) is 0 Å². The second-order valence-corrected chi connectivity index (χ2v) is 5.24. The Labute approximate surface area is 113 Å². The maximum Gasteiger partial charge on any atom is 0.211 e. The molecule has 0 radical (unpaired) electrons. The largest absolute Gasteiger partial charge is 0.507 e. The van der Waals surface area contributed by atoms with Crippen molar-refractivity contribution in [3.8, 4) is 5.75 Å². The average Bonchev–Trinajstić information content (AvgIpc) is 2.26. The molecule has 0 unspecified atom stereocenters. The van der Waals surface area contributed by atoms with E-state index in [4.69, 9.17) is 5.73 Å². The first-order valence-corrected chi connectivity index (χ1v) is 6.31. The number of thiocarbonyl (C=S) groups is 1. The molecular formula is C13H19N3OS. The molecule has 0 saturated heterocycles. The van der Waals surface area contributed by atoms with Crippen LogP contribution in [0.3, 0.4) is 0 Å². The van der Waals surface area contributed by atoms with Gasteiger partial charge in [0.05, 0.1) is 5.69 Å². The van der Waals surface area contributed by atoms with Crippen molar-refractivity contribution in [2.24, 2.45) is 16.0 Å². The first-order chi connectivity index (χ1) is 8.32. The maximum absolute atomic E-state index is 10.2. The molecule has 3 N–H and O–H groups in total. The van der Waals surface area contributed by atoms with Gasteiger partial charge in [-0.25, -0.2) is 0 Å². The third-order valence-electron chi connectivity index (χ3n) is 2.66. The van der Waals surface area contributed by atoms with Crippen LogP contribution in [0.4, 0.5) is 5.69 Å². The van der Waals surface area contributed by atoms with Gasteiger partial charge in [-0.15, -0.1) is 10.2 Å². The molecule has 0 amide bonds. The number of phenolic OH excluding ortho intramolecular Hbond substituents is 1. The van der Waals surface area contributed by atoms with Crippen LogP contribution in [-0.4, -0.2) is 10.2 Å². The summed E-state index contributed by atoms with van der Waals surface area (Å²) in [6.07, 6.45) is 0. The second kappa shape index (κ2) is 5.91. The normalized spacial score (nSPS) is 11.7. The van der Waals surface area contributed by atoms with Crippen molar-refractivity contribution in [3.63, 3.8) is 0 Å². The summed E-state index contributed by atoms with van der Waals surface area (Å²) in [5.41, 5.74) is 7.67. The maximum atomic E-state index is 10.2. The van der Waals surface area contributed by atoms with E-state index in [1.807, 2.05) is 39.8 Å². The molecule has 0 fully saturated rings. The summed E-state index contributed by atoms with van der Waals surface area (Å²) in [6, 6.07) is 3.63. The first kappa shape index (κ1) is 14.6. The van der Waals surface area contributed by atoms with E-state index in [1.165, 1.54) is 0 Å². The van der Waals surface area contributed by atoms with Gasteiger partial charge in [-0.05, 0) is 47.3 Å². The molecule has 0 saturated carbocycles. The number of hydrogen-bond acceptors (Lipinski definition) is 3. The van der Waals surface area contributed by atoms with E-state index < -0.39 is 0 Å². The van der Waals surface area contributed by atoms with Gasteiger partial charge in [-0.3, -0.25) is 0 Å². The lowest BCUT2D eigenvalue weighted by Gasteiger charge is -2.15. The molecule has 1 aromatic carbocycles. The predicted molar refractivity (Wildman–Crippen MR) is 77.6 cm³/mol. The number of phenols is 1. The number of aromatic hydroxyl groups is 1. The summed E-state index contributed by atoms with van der Waals surface area (Å²) in [5, 5.41) is 17.9. The first-order valence-electron chi connectivity index (χ1n) is 5.91. The van der Waals surface area contributed by atoms with Gasteiger partial charge >= 0.3 is 0 Å². The third kappa shape index (κ3) is 3.50. The number of azo groups is 1. The van der Waals surface area contributed by atoms with Crippen molar-refractivity contribution in [3.05, 3.63) is 23.3 Å². The monoisotopic (exact) mass is 265 g/mol. The molecule has 0 aliphatic heterocycles. The highest BCUT2D eigenvalue weighted by atomic mass is 32.1. The molecule has 0 aromatic heterocycles. The minimum atomic E-state index is 0.000249. The molecule has 1 rings (SSSR count). The molecule has 18 heavy (non-hydrogen) atoms. The standard InChI is InChI=1S/C13H19N3OS/c1-7(2)10-5-9(15-16-13(14)18)6-11(8(3)4)12(10)17/h5-8,17H,1-4H3,(H2,14,18). The number of nitrogens with zero attached hydrogens (tertiary/aromatic N) is 2. The topological polar surface area (TPSA) is 71.0 Å². The molecule has 0 heterocycles. The average molecular weight is 265 g/mol. The molecule has 0 bridgehead atoms. The van der Waals surface area contributed by atoms with E-state index in [0.29, 0.717) is 11.4 Å². The van der Waals surface area contributed by atoms with Crippen LogP contribution in [0.25, 0.3) is 0 Å². The van der Waals surface area contributed by atoms with Gasteiger partial charge in [-0.2, -0.15) is 0 Å². The lowest BCUT2D eigenvalue weighted by atomic mass is 9.93. The Morgan fingerprint density at radius 3 is 1.94 bits per heavy atom. The van der Waals surface area contributed by atoms with Crippen LogP contribution in [0.15, 0.2) is 22.4 Å². The lowest BCUT2D eigenvalue weighted by molar-refractivity contribution is 0.454. The molecule has 0 aliphatic carbocycles. The zero-order valence-electron chi connectivity index (χ0n) is 11.1. The number of hydrogen-bond donors (Lipinski definition) is 2. The van der Waals surface area contributed by atoms with Crippen molar-refractivity contribution in [1.29, 1.82) is 0 Å². The van der Waals surface area contributed by atoms with Crippen LogP contribution in [0.1, 0.15) is 50.7 Å². The Morgan fingerprint density at radius 1 is 1.17 bits per heavy atom. The molecular weight excluding hydrogens is 246 g/mol. The van der Waals surface area contributed by atoms with Gasteiger partial charge in [0.15, 0.2) is 0 Å². The van der Waals surface area contributed by atoms with Gasteiger partial charge in [0.2, 0.25) is 5.11 Å². The molecule has 1 aromatic rings. The van der Waals surface area contributed by atoms with Crippen LogP contribution in [0.2, 0.25) is 0 Å². The molecule has 0 atom stereocenters. The molecule has 5 heteroatoms. The fraction of sp³-hybridized carbons (Fsp3) is 0.462. The van der Waals surface area contributed by atoms with Crippen LogP contribution in [0, 0.1) is 0 Å².